The monoisotopic (exact) mass is 139 g/mol. The summed E-state index contributed by atoms with van der Waals surface area (Å²) in [5.74, 6) is 0. The van der Waals surface area contributed by atoms with E-state index in [1.807, 2.05) is 0 Å². The van der Waals surface area contributed by atoms with Crippen molar-refractivity contribution in [2.75, 3.05) is 0 Å². The number of hydrogen-bond acceptors (Lipinski definition) is 2. The zero-order chi connectivity index (χ0) is 0. The predicted molar refractivity (Wildman–Crippen MR) is 26.2 cm³/mol. The Hall–Kier alpha value is 1.10. The number of hydrogen-bond donors (Lipinski definition) is 0. The second-order valence-electron chi connectivity index (χ2n) is 0. The molecule has 0 fully saturated rings. The van der Waals surface area contributed by atoms with Crippen molar-refractivity contribution >= 4 is 40.4 Å². The van der Waals surface area contributed by atoms with Crippen LogP contribution in [-0.2, 0) is 0 Å². The fourth-order valence-electron chi connectivity index (χ4n) is 0. The largest absolute Gasteiger partial charge is 2.00 e. The van der Waals surface area contributed by atoms with Crippen molar-refractivity contribution < 1.29 is 27.4 Å². The Labute approximate surface area is 67.9 Å². The zero-order valence-electron chi connectivity index (χ0n) is 3.68. The van der Waals surface area contributed by atoms with E-state index in [1.165, 1.54) is 0 Å². The molecule has 0 unspecified atom stereocenters. The first kappa shape index (κ1) is 338. The normalized spacial score (nSPS) is 0. The van der Waals surface area contributed by atoms with Gasteiger partial charge in [-0.25, -0.2) is 0 Å². The Morgan fingerprint density at radius 1 is 0.571 bits per heavy atom. The summed E-state index contributed by atoms with van der Waals surface area (Å²) >= 11 is 0. The van der Waals surface area contributed by atoms with E-state index in [9.17, 15) is 0 Å². The van der Waals surface area contributed by atoms with E-state index >= 15 is 0 Å². The van der Waals surface area contributed by atoms with Crippen molar-refractivity contribution in [2.24, 2.45) is 0 Å². The first-order valence-corrected chi connectivity index (χ1v) is 0. The van der Waals surface area contributed by atoms with Crippen LogP contribution in [0.1, 0.15) is 0 Å². The Morgan fingerprint density at radius 3 is 0.571 bits per heavy atom. The molecule has 0 aliphatic carbocycles. The van der Waals surface area contributed by atoms with Crippen LogP contribution in [0.2, 0.25) is 0 Å². The fraction of sp³-hybridized carbons (Fsp3) is 0. The van der Waals surface area contributed by atoms with Gasteiger partial charge in [0, 0.05) is 17.4 Å². The molecule has 0 amide bonds. The van der Waals surface area contributed by atoms with Gasteiger partial charge >= 0.3 is 23.1 Å². The molecule has 0 rings (SSSR count). The van der Waals surface area contributed by atoms with Crippen molar-refractivity contribution in [1.29, 1.82) is 0 Å². The summed E-state index contributed by atoms with van der Waals surface area (Å²) in [7, 11) is 0. The van der Waals surface area contributed by atoms with E-state index in [2.05, 4.69) is 0 Å². The minimum atomic E-state index is 0. The van der Waals surface area contributed by atoms with E-state index in [4.69, 9.17) is 0 Å². The molecule has 0 saturated heterocycles. The summed E-state index contributed by atoms with van der Waals surface area (Å²) in [6.45, 7) is 0. The molecule has 0 spiro atoms. The van der Waals surface area contributed by atoms with Gasteiger partial charge in [-0.15, -0.1) is 0 Å². The van der Waals surface area contributed by atoms with Crippen LogP contribution < -0.4 is 0 Å². The first-order chi connectivity index (χ1) is 0. The van der Waals surface area contributed by atoms with Gasteiger partial charge in [-0.2, -0.15) is 0 Å². The molecule has 0 saturated carbocycles. The molecule has 0 aliphatic heterocycles. The van der Waals surface area contributed by atoms with E-state index in [-0.39, 0.29) is 67.8 Å². The Kier molecular flexibility index (Phi) is 10600. The average Bonchev–Trinajstić information content (AvgIpc) is 0. The first-order valence-electron chi connectivity index (χ1n) is 0. The molecule has 7 heteroatoms. The maximum absolute atomic E-state index is 0. The van der Waals surface area contributed by atoms with Gasteiger partial charge < -0.3 is 27.4 Å². The molecule has 5 nitrogen and oxygen atoms in total. The van der Waals surface area contributed by atoms with Crippen LogP contribution in [0.3, 0.4) is 0 Å². The third kappa shape index (κ3) is 153. The van der Waals surface area contributed by atoms with Crippen LogP contribution in [0.25, 0.3) is 0 Å². The molecule has 0 aromatic carbocycles. The molecule has 0 aromatic heterocycles. The second-order valence-corrected chi connectivity index (χ2v) is 0. The second kappa shape index (κ2) is 219. The predicted octanol–water partition coefficient (Wildman–Crippen LogP) is -3.59. The Bertz CT molecular complexity index is 8.04. The van der Waals surface area contributed by atoms with Gasteiger partial charge in [0.05, 0.1) is 0 Å². The summed E-state index contributed by atoms with van der Waals surface area (Å²) < 4.78 is 0. The molecule has 3 radical (unpaired) electrons. The van der Waals surface area contributed by atoms with E-state index < -0.39 is 0 Å². The van der Waals surface area contributed by atoms with Crippen LogP contribution in [0.4, 0.5) is 0 Å². The van der Waals surface area contributed by atoms with Crippen LogP contribution in [0.15, 0.2) is 0 Å². The number of rotatable bonds is 0. The maximum Gasteiger partial charge on any atom is 2.00 e. The third-order valence-corrected chi connectivity index (χ3v) is 0. The zero-order valence-corrected chi connectivity index (χ0v) is 6.25. The van der Waals surface area contributed by atoms with E-state index in [0.29, 0.717) is 0 Å². The SMILES string of the molecule is O.O.O.[Al].[Mg+2].[OH-].[OH-]. The molecule has 0 atom stereocenters. The molecule has 0 bridgehead atoms. The summed E-state index contributed by atoms with van der Waals surface area (Å²) in [5.41, 5.74) is 0. The average molecular weight is 139 g/mol. The summed E-state index contributed by atoms with van der Waals surface area (Å²) in [4.78, 5) is 0. The molecule has 0 heterocycles. The summed E-state index contributed by atoms with van der Waals surface area (Å²) in [6, 6.07) is 0. The molecule has 0 aliphatic rings. The Morgan fingerprint density at radius 2 is 0.571 bits per heavy atom. The Balaban J connectivity index is 0. The quantitative estimate of drug-likeness (QED) is 0.318. The van der Waals surface area contributed by atoms with Crippen molar-refractivity contribution in [3.05, 3.63) is 0 Å². The standard InChI is InChI=1S/Al.Mg.5H2O/h;;5*1H2/q;+2;;;;;/p-2. The van der Waals surface area contributed by atoms with Gasteiger partial charge in [0.25, 0.3) is 0 Å². The van der Waals surface area contributed by atoms with E-state index in [1.54, 1.807) is 0 Å². The van der Waals surface area contributed by atoms with E-state index in [0.717, 1.165) is 0 Å². The molecular weight excluding hydrogens is 131 g/mol. The third-order valence-electron chi connectivity index (χ3n) is 0. The van der Waals surface area contributed by atoms with Gasteiger partial charge in [-0.1, -0.05) is 0 Å². The molecule has 43 valence electrons. The summed E-state index contributed by atoms with van der Waals surface area (Å²) in [6.07, 6.45) is 0. The molecule has 8 N–H and O–H groups in total. The molecular formula is H8AlMgO5. The van der Waals surface area contributed by atoms with Crippen molar-refractivity contribution in [3.8, 4) is 0 Å². The van der Waals surface area contributed by atoms with Crippen molar-refractivity contribution in [1.82, 2.24) is 0 Å². The van der Waals surface area contributed by atoms with Gasteiger partial charge in [0.2, 0.25) is 0 Å². The van der Waals surface area contributed by atoms with Crippen LogP contribution in [-0.4, -0.2) is 67.8 Å². The smallest absolute Gasteiger partial charge is 0.870 e. The van der Waals surface area contributed by atoms with Gasteiger partial charge in [0.15, 0.2) is 0 Å². The molecule has 7 heavy (non-hydrogen) atoms. The molecule has 0 aromatic rings. The van der Waals surface area contributed by atoms with Crippen LogP contribution in [0, 0.1) is 0 Å². The minimum absolute atomic E-state index is 0. The maximum atomic E-state index is 0. The van der Waals surface area contributed by atoms with Crippen molar-refractivity contribution in [2.45, 2.75) is 0 Å². The van der Waals surface area contributed by atoms with Gasteiger partial charge in [-0.3, -0.25) is 0 Å². The minimum Gasteiger partial charge on any atom is -0.870 e. The van der Waals surface area contributed by atoms with Crippen LogP contribution >= 0.6 is 0 Å². The van der Waals surface area contributed by atoms with Gasteiger partial charge in [-0.05, 0) is 0 Å². The van der Waals surface area contributed by atoms with Crippen LogP contribution in [0.5, 0.6) is 0 Å². The fourth-order valence-corrected chi connectivity index (χ4v) is 0. The van der Waals surface area contributed by atoms with Gasteiger partial charge in [0.1, 0.15) is 0 Å². The topological polar surface area (TPSA) is 154 Å². The van der Waals surface area contributed by atoms with Crippen molar-refractivity contribution in [3.63, 3.8) is 0 Å². The summed E-state index contributed by atoms with van der Waals surface area (Å²) in [5, 5.41) is 0.